The minimum atomic E-state index is -0.303. The number of rotatable bonds is 7. The zero-order chi connectivity index (χ0) is 15.0. The van der Waals surface area contributed by atoms with E-state index < -0.39 is 0 Å². The Morgan fingerprint density at radius 3 is 2.75 bits per heavy atom. The molecule has 1 heterocycles. The highest BCUT2D eigenvalue weighted by atomic mass is 16.3. The molecule has 1 aromatic rings. The molecule has 0 saturated carbocycles. The van der Waals surface area contributed by atoms with Gasteiger partial charge < -0.3 is 20.3 Å². The largest absolute Gasteiger partial charge is 0.396 e. The summed E-state index contributed by atoms with van der Waals surface area (Å²) in [5.41, 5.74) is 0.445. The van der Waals surface area contributed by atoms with Gasteiger partial charge in [-0.2, -0.15) is 0 Å². The lowest BCUT2D eigenvalue weighted by molar-refractivity contribution is 0.236. The molecule has 6 heteroatoms. The maximum Gasteiger partial charge on any atom is 0.319 e. The second-order valence-electron chi connectivity index (χ2n) is 4.87. The fourth-order valence-electron chi connectivity index (χ4n) is 2.02. The van der Waals surface area contributed by atoms with E-state index in [9.17, 15) is 9.59 Å². The first kappa shape index (κ1) is 16.2. The molecule has 0 aliphatic rings. The summed E-state index contributed by atoms with van der Waals surface area (Å²) in [4.78, 5) is 23.0. The topological polar surface area (TPSA) is 83.4 Å². The Balaban J connectivity index is 2.46. The summed E-state index contributed by atoms with van der Waals surface area (Å²) in [5.74, 6) is 0.288. The third-order valence-corrected chi connectivity index (χ3v) is 3.13. The molecule has 1 atom stereocenters. The maximum absolute atomic E-state index is 11.7. The number of urea groups is 1. The molecule has 0 bridgehead atoms. The Hall–Kier alpha value is -1.82. The number of nitrogens with zero attached hydrogens (tertiary/aromatic N) is 1. The molecule has 112 valence electrons. The van der Waals surface area contributed by atoms with E-state index in [4.69, 9.17) is 5.11 Å². The molecule has 3 N–H and O–H groups in total. The third-order valence-electron chi connectivity index (χ3n) is 3.13. The monoisotopic (exact) mass is 281 g/mol. The van der Waals surface area contributed by atoms with Gasteiger partial charge in [-0.25, -0.2) is 4.79 Å². The Labute approximate surface area is 118 Å². The van der Waals surface area contributed by atoms with Crippen LogP contribution in [0.4, 0.5) is 10.5 Å². The molecular weight excluding hydrogens is 258 g/mol. The van der Waals surface area contributed by atoms with Crippen molar-refractivity contribution >= 4 is 11.7 Å². The molecule has 1 rings (SSSR count). The highest BCUT2D eigenvalue weighted by Crippen LogP contribution is 2.09. The summed E-state index contributed by atoms with van der Waals surface area (Å²) >= 11 is 0. The van der Waals surface area contributed by atoms with Crippen LogP contribution in [0.25, 0.3) is 0 Å². The van der Waals surface area contributed by atoms with Gasteiger partial charge in [0.25, 0.3) is 0 Å². The molecule has 0 aliphatic heterocycles. The van der Waals surface area contributed by atoms with Gasteiger partial charge in [-0.05, 0) is 24.8 Å². The van der Waals surface area contributed by atoms with Crippen LogP contribution in [0.1, 0.15) is 26.2 Å². The van der Waals surface area contributed by atoms with E-state index in [-0.39, 0.29) is 24.1 Å². The second kappa shape index (κ2) is 8.37. The van der Waals surface area contributed by atoms with Crippen LogP contribution in [-0.2, 0) is 7.05 Å². The smallest absolute Gasteiger partial charge is 0.319 e. The molecule has 0 radical (unpaired) electrons. The Morgan fingerprint density at radius 2 is 2.15 bits per heavy atom. The molecule has 0 aliphatic carbocycles. The van der Waals surface area contributed by atoms with Gasteiger partial charge in [-0.15, -0.1) is 0 Å². The van der Waals surface area contributed by atoms with Crippen molar-refractivity contribution in [3.63, 3.8) is 0 Å². The second-order valence-corrected chi connectivity index (χ2v) is 4.87. The average molecular weight is 281 g/mol. The van der Waals surface area contributed by atoms with Gasteiger partial charge in [-0.3, -0.25) is 4.79 Å². The number of aromatic nitrogens is 1. The molecule has 20 heavy (non-hydrogen) atoms. The van der Waals surface area contributed by atoms with E-state index in [1.807, 2.05) is 0 Å². The van der Waals surface area contributed by atoms with E-state index in [0.717, 1.165) is 12.8 Å². The summed E-state index contributed by atoms with van der Waals surface area (Å²) in [6, 6.07) is 2.67. The van der Waals surface area contributed by atoms with Crippen molar-refractivity contribution < 1.29 is 9.90 Å². The molecule has 1 unspecified atom stereocenters. The maximum atomic E-state index is 11.7. The van der Waals surface area contributed by atoms with Crippen molar-refractivity contribution in [1.29, 1.82) is 0 Å². The van der Waals surface area contributed by atoms with E-state index in [1.165, 1.54) is 10.6 Å². The van der Waals surface area contributed by atoms with E-state index in [0.29, 0.717) is 18.7 Å². The number of hydrogen-bond donors (Lipinski definition) is 3. The Morgan fingerprint density at radius 1 is 1.40 bits per heavy atom. The molecule has 0 fully saturated rings. The van der Waals surface area contributed by atoms with Gasteiger partial charge in [0.1, 0.15) is 0 Å². The van der Waals surface area contributed by atoms with Crippen LogP contribution in [0.15, 0.2) is 23.1 Å². The molecule has 0 spiro atoms. The lowest BCUT2D eigenvalue weighted by Gasteiger charge is -2.16. The molecule has 1 aromatic heterocycles. The summed E-state index contributed by atoms with van der Waals surface area (Å²) < 4.78 is 1.40. The summed E-state index contributed by atoms with van der Waals surface area (Å²) in [6.07, 6.45) is 4.25. The van der Waals surface area contributed by atoms with E-state index in [1.54, 1.807) is 19.3 Å². The SMILES string of the molecule is CCCC(CCO)CNC(=O)Nc1ccc(=O)n(C)c1. The van der Waals surface area contributed by atoms with E-state index >= 15 is 0 Å². The molecular formula is C14H23N3O3. The third kappa shape index (κ3) is 5.44. The minimum Gasteiger partial charge on any atom is -0.396 e. The van der Waals surface area contributed by atoms with Crippen molar-refractivity contribution in [2.24, 2.45) is 13.0 Å². The first-order valence-corrected chi connectivity index (χ1v) is 6.89. The fraction of sp³-hybridized carbons (Fsp3) is 0.571. The highest BCUT2D eigenvalue weighted by molar-refractivity contribution is 5.88. The number of carbonyl (C=O) groups excluding carboxylic acids is 1. The quantitative estimate of drug-likeness (QED) is 0.704. The molecule has 0 saturated heterocycles. The first-order chi connectivity index (χ1) is 9.56. The van der Waals surface area contributed by atoms with Crippen LogP contribution in [0.3, 0.4) is 0 Å². The van der Waals surface area contributed by atoms with Crippen molar-refractivity contribution in [2.75, 3.05) is 18.5 Å². The van der Waals surface area contributed by atoms with Gasteiger partial charge in [0.15, 0.2) is 0 Å². The lowest BCUT2D eigenvalue weighted by atomic mass is 10.0. The number of aliphatic hydroxyl groups is 1. The van der Waals surface area contributed by atoms with Crippen LogP contribution >= 0.6 is 0 Å². The highest BCUT2D eigenvalue weighted by Gasteiger charge is 2.09. The normalized spacial score (nSPS) is 11.9. The molecule has 6 nitrogen and oxygen atoms in total. The number of nitrogens with one attached hydrogen (secondary N) is 2. The van der Waals surface area contributed by atoms with Crippen LogP contribution in [0.5, 0.6) is 0 Å². The summed E-state index contributed by atoms with van der Waals surface area (Å²) in [6.45, 7) is 2.75. The first-order valence-electron chi connectivity index (χ1n) is 6.89. The fourth-order valence-corrected chi connectivity index (χ4v) is 2.02. The lowest BCUT2D eigenvalue weighted by Crippen LogP contribution is -2.33. The van der Waals surface area contributed by atoms with Crippen LogP contribution < -0.4 is 16.2 Å². The Kier molecular flexibility index (Phi) is 6.79. The molecule has 2 amide bonds. The zero-order valence-corrected chi connectivity index (χ0v) is 12.1. The number of carbonyl (C=O) groups is 1. The number of hydrogen-bond acceptors (Lipinski definition) is 3. The van der Waals surface area contributed by atoms with Crippen molar-refractivity contribution in [1.82, 2.24) is 9.88 Å². The van der Waals surface area contributed by atoms with Crippen molar-refractivity contribution in [3.8, 4) is 0 Å². The molecule has 0 aromatic carbocycles. The van der Waals surface area contributed by atoms with Crippen molar-refractivity contribution in [2.45, 2.75) is 26.2 Å². The van der Waals surface area contributed by atoms with Crippen LogP contribution in [-0.4, -0.2) is 28.9 Å². The van der Waals surface area contributed by atoms with Gasteiger partial charge in [0.2, 0.25) is 5.56 Å². The van der Waals surface area contributed by atoms with Gasteiger partial charge in [0, 0.05) is 32.5 Å². The number of amides is 2. The zero-order valence-electron chi connectivity index (χ0n) is 12.1. The van der Waals surface area contributed by atoms with E-state index in [2.05, 4.69) is 17.6 Å². The average Bonchev–Trinajstić information content (AvgIpc) is 2.41. The van der Waals surface area contributed by atoms with Gasteiger partial charge >= 0.3 is 6.03 Å². The van der Waals surface area contributed by atoms with Crippen LogP contribution in [0, 0.1) is 5.92 Å². The number of aliphatic hydroxyl groups excluding tert-OH is 1. The minimum absolute atomic E-state index is 0.123. The standard InChI is InChI=1S/C14H23N3O3/c1-3-4-11(7-8-18)9-15-14(20)16-12-5-6-13(19)17(2)10-12/h5-6,10-11,18H,3-4,7-9H2,1-2H3,(H2,15,16,20). The van der Waals surface area contributed by atoms with Gasteiger partial charge in [-0.1, -0.05) is 13.3 Å². The number of pyridine rings is 1. The Bertz CT molecular complexity index is 479. The predicted octanol–water partition coefficient (Wildman–Crippen LogP) is 1.31. The number of anilines is 1. The van der Waals surface area contributed by atoms with Crippen molar-refractivity contribution in [3.05, 3.63) is 28.7 Å². The number of aryl methyl sites for hydroxylation is 1. The van der Waals surface area contributed by atoms with Gasteiger partial charge in [0.05, 0.1) is 5.69 Å². The summed E-state index contributed by atoms with van der Waals surface area (Å²) in [7, 11) is 1.63. The summed E-state index contributed by atoms with van der Waals surface area (Å²) in [5, 5.41) is 14.4. The predicted molar refractivity (Wildman–Crippen MR) is 78.8 cm³/mol. The van der Waals surface area contributed by atoms with Crippen LogP contribution in [0.2, 0.25) is 0 Å².